The molecular weight excluding hydrogens is 345 g/mol. The average molecular weight is 356 g/mol. The molecule has 0 spiro atoms. The van der Waals surface area contributed by atoms with Crippen LogP contribution in [0, 0.1) is 5.82 Å². The fraction of sp³-hybridized carbons (Fsp3) is 0.143. The molecule has 0 bridgehead atoms. The molecule has 1 N–H and O–H groups in total. The van der Waals surface area contributed by atoms with Crippen molar-refractivity contribution in [1.82, 2.24) is 4.98 Å². The van der Waals surface area contributed by atoms with Gasteiger partial charge in [-0.2, -0.15) is 0 Å². The van der Waals surface area contributed by atoms with Crippen LogP contribution in [-0.2, 0) is 14.8 Å². The molecule has 0 saturated heterocycles. The van der Waals surface area contributed by atoms with Crippen LogP contribution in [0.25, 0.3) is 0 Å². The van der Waals surface area contributed by atoms with Crippen LogP contribution in [0.3, 0.4) is 0 Å². The van der Waals surface area contributed by atoms with E-state index in [1.807, 2.05) is 0 Å². The highest BCUT2D eigenvalue weighted by atomic mass is 35.5. The van der Waals surface area contributed by atoms with Crippen LogP contribution in [0.15, 0.2) is 41.4 Å². The van der Waals surface area contributed by atoms with Crippen molar-refractivity contribution in [2.24, 2.45) is 0 Å². The second kappa shape index (κ2) is 5.47. The number of benzene rings is 1. The van der Waals surface area contributed by atoms with E-state index >= 15 is 0 Å². The molecule has 0 aliphatic carbocycles. The molecule has 6 nitrogen and oxygen atoms in total. The van der Waals surface area contributed by atoms with E-state index in [1.165, 1.54) is 19.2 Å². The van der Waals surface area contributed by atoms with Gasteiger partial charge in [0.2, 0.25) is 5.91 Å². The minimum atomic E-state index is -4.22. The van der Waals surface area contributed by atoms with Crippen molar-refractivity contribution in [1.29, 1.82) is 0 Å². The van der Waals surface area contributed by atoms with E-state index < -0.39 is 27.8 Å². The molecule has 2 heterocycles. The Bertz CT molecular complexity index is 884. The Hall–Kier alpha value is -2.19. The first-order chi connectivity index (χ1) is 10.8. The van der Waals surface area contributed by atoms with Gasteiger partial charge in [0.05, 0.1) is 10.6 Å². The summed E-state index contributed by atoms with van der Waals surface area (Å²) in [5.41, 5.74) is 0.265. The van der Waals surface area contributed by atoms with Crippen molar-refractivity contribution in [3.8, 4) is 0 Å². The lowest BCUT2D eigenvalue weighted by molar-refractivity contribution is -0.117. The van der Waals surface area contributed by atoms with Crippen molar-refractivity contribution in [2.45, 2.75) is 17.9 Å². The summed E-state index contributed by atoms with van der Waals surface area (Å²) in [4.78, 5) is 15.7. The van der Waals surface area contributed by atoms with Gasteiger partial charge in [-0.1, -0.05) is 11.6 Å². The highest BCUT2D eigenvalue weighted by Crippen LogP contribution is 2.34. The van der Waals surface area contributed by atoms with E-state index in [1.54, 1.807) is 6.07 Å². The molecule has 23 heavy (non-hydrogen) atoms. The normalized spacial score (nSPS) is 17.6. The first-order valence-corrected chi connectivity index (χ1v) is 8.39. The van der Waals surface area contributed by atoms with Crippen LogP contribution in [0.4, 0.5) is 15.9 Å². The highest BCUT2D eigenvalue weighted by molar-refractivity contribution is 7.93. The number of sulfonamides is 1. The number of hydrogen-bond donors (Lipinski definition) is 1. The molecule has 1 aromatic carbocycles. The Morgan fingerprint density at radius 2 is 2.09 bits per heavy atom. The van der Waals surface area contributed by atoms with Gasteiger partial charge in [0.15, 0.2) is 5.82 Å². The minimum Gasteiger partial charge on any atom is -0.321 e. The molecule has 2 aromatic rings. The summed E-state index contributed by atoms with van der Waals surface area (Å²) in [6.07, 6.45) is 1.41. The standard InChI is InChI=1S/C14H11ClFN3O3S/c1-8-14(20)18-12-3-2-4-17-13(12)19(8)23(21,22)11-6-9(15)5-10(16)7-11/h2-8H,1H3,(H,18,20). The molecule has 120 valence electrons. The number of rotatable bonds is 2. The zero-order chi connectivity index (χ0) is 16.8. The predicted molar refractivity (Wildman–Crippen MR) is 83.4 cm³/mol. The topological polar surface area (TPSA) is 79.4 Å². The summed E-state index contributed by atoms with van der Waals surface area (Å²) >= 11 is 5.74. The van der Waals surface area contributed by atoms with Gasteiger partial charge in [-0.25, -0.2) is 22.1 Å². The van der Waals surface area contributed by atoms with E-state index in [0.717, 1.165) is 22.5 Å². The van der Waals surface area contributed by atoms with Crippen molar-refractivity contribution in [2.75, 3.05) is 9.62 Å². The minimum absolute atomic E-state index is 0.0565. The summed E-state index contributed by atoms with van der Waals surface area (Å²) < 4.78 is 40.2. The summed E-state index contributed by atoms with van der Waals surface area (Å²) in [6, 6.07) is 5.04. The summed E-state index contributed by atoms with van der Waals surface area (Å²) in [7, 11) is -4.22. The number of fused-ring (bicyclic) bond motifs is 1. The third-order valence-electron chi connectivity index (χ3n) is 3.38. The van der Waals surface area contributed by atoms with Crippen LogP contribution in [0.2, 0.25) is 5.02 Å². The summed E-state index contributed by atoms with van der Waals surface area (Å²) in [6.45, 7) is 1.42. The van der Waals surface area contributed by atoms with Crippen LogP contribution in [0.5, 0.6) is 0 Å². The molecule has 1 unspecified atom stereocenters. The molecule has 1 aliphatic rings. The van der Waals surface area contributed by atoms with E-state index in [4.69, 9.17) is 11.6 Å². The van der Waals surface area contributed by atoms with Crippen LogP contribution in [0.1, 0.15) is 6.92 Å². The number of halogens is 2. The first-order valence-electron chi connectivity index (χ1n) is 6.57. The molecule has 1 aromatic heterocycles. The fourth-order valence-electron chi connectivity index (χ4n) is 2.31. The summed E-state index contributed by atoms with van der Waals surface area (Å²) in [5.74, 6) is -1.22. The molecule has 1 amide bonds. The molecule has 3 rings (SSSR count). The van der Waals surface area contributed by atoms with Gasteiger partial charge >= 0.3 is 0 Å². The van der Waals surface area contributed by atoms with Gasteiger partial charge in [0.1, 0.15) is 11.9 Å². The van der Waals surface area contributed by atoms with Gasteiger partial charge in [-0.05, 0) is 37.3 Å². The number of nitrogens with zero attached hydrogens (tertiary/aromatic N) is 2. The lowest BCUT2D eigenvalue weighted by atomic mass is 10.2. The number of aromatic nitrogens is 1. The van der Waals surface area contributed by atoms with E-state index in [2.05, 4.69) is 10.3 Å². The number of carbonyl (C=O) groups excluding carboxylic acids is 1. The fourth-order valence-corrected chi connectivity index (χ4v) is 4.25. The molecule has 0 fully saturated rings. The maximum atomic E-state index is 13.5. The lowest BCUT2D eigenvalue weighted by Crippen LogP contribution is -2.49. The zero-order valence-electron chi connectivity index (χ0n) is 11.8. The van der Waals surface area contributed by atoms with Crippen molar-refractivity contribution in [3.63, 3.8) is 0 Å². The van der Waals surface area contributed by atoms with Crippen molar-refractivity contribution >= 4 is 39.0 Å². The van der Waals surface area contributed by atoms with Crippen molar-refractivity contribution < 1.29 is 17.6 Å². The number of amides is 1. The zero-order valence-corrected chi connectivity index (χ0v) is 13.4. The number of anilines is 2. The molecule has 9 heteroatoms. The first kappa shape index (κ1) is 15.7. The largest absolute Gasteiger partial charge is 0.321 e. The quantitative estimate of drug-likeness (QED) is 0.897. The van der Waals surface area contributed by atoms with Gasteiger partial charge < -0.3 is 5.32 Å². The summed E-state index contributed by atoms with van der Waals surface area (Å²) in [5, 5.41) is 2.52. The third-order valence-corrected chi connectivity index (χ3v) is 5.43. The molecule has 0 saturated carbocycles. The number of nitrogens with one attached hydrogen (secondary N) is 1. The molecule has 1 atom stereocenters. The Kier molecular flexibility index (Phi) is 3.73. The van der Waals surface area contributed by atoms with Gasteiger partial charge in [-0.15, -0.1) is 0 Å². The third kappa shape index (κ3) is 2.64. The molecular formula is C14H11ClFN3O3S. The molecule has 1 aliphatic heterocycles. The maximum Gasteiger partial charge on any atom is 0.266 e. The van der Waals surface area contributed by atoms with Gasteiger partial charge in [-0.3, -0.25) is 4.79 Å². The van der Waals surface area contributed by atoms with Crippen LogP contribution < -0.4 is 9.62 Å². The van der Waals surface area contributed by atoms with E-state index in [9.17, 15) is 17.6 Å². The van der Waals surface area contributed by atoms with Gasteiger partial charge in [0, 0.05) is 11.2 Å². The number of pyridine rings is 1. The smallest absolute Gasteiger partial charge is 0.266 e. The number of hydrogen-bond acceptors (Lipinski definition) is 4. The SMILES string of the molecule is CC1C(=O)Nc2cccnc2N1S(=O)(=O)c1cc(F)cc(Cl)c1. The Morgan fingerprint density at radius 1 is 1.35 bits per heavy atom. The number of carbonyl (C=O) groups is 1. The average Bonchev–Trinajstić information content (AvgIpc) is 2.47. The van der Waals surface area contributed by atoms with Crippen LogP contribution in [-0.4, -0.2) is 25.4 Å². The Labute approximate surface area is 136 Å². The van der Waals surface area contributed by atoms with E-state index in [-0.39, 0.29) is 21.4 Å². The van der Waals surface area contributed by atoms with Crippen molar-refractivity contribution in [3.05, 3.63) is 47.4 Å². The Balaban J connectivity index is 2.21. The second-order valence-corrected chi connectivity index (χ2v) is 7.20. The van der Waals surface area contributed by atoms with E-state index in [0.29, 0.717) is 0 Å². The monoisotopic (exact) mass is 355 g/mol. The lowest BCUT2D eigenvalue weighted by Gasteiger charge is -2.33. The highest BCUT2D eigenvalue weighted by Gasteiger charge is 2.39. The Morgan fingerprint density at radius 3 is 2.78 bits per heavy atom. The second-order valence-electron chi connectivity index (χ2n) is 4.95. The predicted octanol–water partition coefficient (Wildman–Crippen LogP) is 2.41. The maximum absolute atomic E-state index is 13.5. The van der Waals surface area contributed by atoms with Crippen LogP contribution >= 0.6 is 11.6 Å². The van der Waals surface area contributed by atoms with Gasteiger partial charge in [0.25, 0.3) is 10.0 Å². The molecule has 0 radical (unpaired) electrons.